The topological polar surface area (TPSA) is 42.7 Å². The van der Waals surface area contributed by atoms with Gasteiger partial charge >= 0.3 is 0 Å². The van der Waals surface area contributed by atoms with Crippen LogP contribution in [0.1, 0.15) is 5.56 Å². The van der Waals surface area contributed by atoms with Crippen LogP contribution in [0.2, 0.25) is 5.15 Å². The van der Waals surface area contributed by atoms with Gasteiger partial charge in [0.1, 0.15) is 9.45 Å². The van der Waals surface area contributed by atoms with Crippen molar-refractivity contribution in [2.45, 2.75) is 6.54 Å². The van der Waals surface area contributed by atoms with E-state index in [1.807, 2.05) is 36.4 Å². The van der Waals surface area contributed by atoms with Gasteiger partial charge in [-0.3, -0.25) is 0 Å². The minimum atomic E-state index is 0.420. The molecule has 0 saturated carbocycles. The highest BCUT2D eigenvalue weighted by Gasteiger charge is 2.18. The van der Waals surface area contributed by atoms with Gasteiger partial charge in [-0.25, -0.2) is 9.50 Å². The second-order valence-corrected chi connectivity index (χ2v) is 7.43. The van der Waals surface area contributed by atoms with Crippen LogP contribution in [0.4, 0.5) is 11.4 Å². The van der Waals surface area contributed by atoms with Crippen molar-refractivity contribution < 1.29 is 4.74 Å². The molecule has 5 nitrogen and oxygen atoms in total. The quantitative estimate of drug-likeness (QED) is 0.355. The standard InChI is InChI=1S/C20H16ClIN4O/c1-27-16-9-7-14(8-10-16)13-25(15-5-3-2-4-6-15)17-11-18(21)24-26-19(22)12-23-20(17)26/h2-12H,13H2,1H3. The summed E-state index contributed by atoms with van der Waals surface area (Å²) < 4.78 is 7.94. The summed E-state index contributed by atoms with van der Waals surface area (Å²) in [5.74, 6) is 0.835. The van der Waals surface area contributed by atoms with Crippen LogP contribution in [0.3, 0.4) is 0 Å². The lowest BCUT2D eigenvalue weighted by Crippen LogP contribution is -2.18. The van der Waals surface area contributed by atoms with E-state index in [0.29, 0.717) is 11.7 Å². The van der Waals surface area contributed by atoms with E-state index in [9.17, 15) is 0 Å². The summed E-state index contributed by atoms with van der Waals surface area (Å²) in [4.78, 5) is 6.74. The summed E-state index contributed by atoms with van der Waals surface area (Å²) >= 11 is 8.52. The van der Waals surface area contributed by atoms with Gasteiger partial charge in [0.25, 0.3) is 0 Å². The van der Waals surface area contributed by atoms with E-state index in [2.05, 4.69) is 61.8 Å². The SMILES string of the molecule is COc1ccc(CN(c2ccccc2)c2cc(Cl)nn3c(I)cnc23)cc1. The van der Waals surface area contributed by atoms with E-state index >= 15 is 0 Å². The number of halogens is 2. The van der Waals surface area contributed by atoms with Gasteiger partial charge in [-0.05, 0) is 52.4 Å². The minimum absolute atomic E-state index is 0.420. The first-order chi connectivity index (χ1) is 13.2. The van der Waals surface area contributed by atoms with Gasteiger partial charge in [0.15, 0.2) is 10.8 Å². The number of aromatic nitrogens is 3. The van der Waals surface area contributed by atoms with E-state index in [4.69, 9.17) is 16.3 Å². The fourth-order valence-electron chi connectivity index (χ4n) is 2.93. The van der Waals surface area contributed by atoms with Crippen molar-refractivity contribution in [1.29, 1.82) is 0 Å². The van der Waals surface area contributed by atoms with Crippen LogP contribution >= 0.6 is 34.2 Å². The molecule has 27 heavy (non-hydrogen) atoms. The Hall–Kier alpha value is -2.32. The molecule has 4 rings (SSSR count). The first-order valence-corrected chi connectivity index (χ1v) is 9.76. The molecule has 2 aromatic carbocycles. The monoisotopic (exact) mass is 490 g/mol. The Morgan fingerprint density at radius 2 is 1.85 bits per heavy atom. The van der Waals surface area contributed by atoms with Crippen molar-refractivity contribution in [2.24, 2.45) is 0 Å². The first-order valence-electron chi connectivity index (χ1n) is 8.31. The number of nitrogens with zero attached hydrogens (tertiary/aromatic N) is 4. The molecule has 0 aliphatic heterocycles. The van der Waals surface area contributed by atoms with E-state index in [1.54, 1.807) is 17.8 Å². The van der Waals surface area contributed by atoms with Crippen molar-refractivity contribution >= 4 is 51.2 Å². The Bertz CT molecular complexity index is 1070. The summed E-state index contributed by atoms with van der Waals surface area (Å²) in [6, 6.07) is 20.1. The second kappa shape index (κ2) is 7.74. The normalized spacial score (nSPS) is 10.9. The Kier molecular flexibility index (Phi) is 5.18. The number of anilines is 2. The number of ether oxygens (including phenoxy) is 1. The lowest BCUT2D eigenvalue weighted by Gasteiger charge is -2.25. The second-order valence-electron chi connectivity index (χ2n) is 5.94. The molecule has 0 radical (unpaired) electrons. The Labute approximate surface area is 175 Å². The average molecular weight is 491 g/mol. The molecular formula is C20H16ClIN4O. The lowest BCUT2D eigenvalue weighted by atomic mass is 10.1. The number of rotatable bonds is 5. The van der Waals surface area contributed by atoms with Crippen LogP contribution < -0.4 is 9.64 Å². The van der Waals surface area contributed by atoms with Crippen LogP contribution in [0.5, 0.6) is 5.75 Å². The maximum absolute atomic E-state index is 6.32. The maximum atomic E-state index is 6.32. The van der Waals surface area contributed by atoms with Crippen LogP contribution in [0.15, 0.2) is 66.9 Å². The van der Waals surface area contributed by atoms with Gasteiger partial charge in [0.05, 0.1) is 19.0 Å². The summed E-state index contributed by atoms with van der Waals surface area (Å²) in [5.41, 5.74) is 3.86. The molecule has 0 amide bonds. The third kappa shape index (κ3) is 3.72. The van der Waals surface area contributed by atoms with Crippen LogP contribution in [-0.4, -0.2) is 21.7 Å². The molecular weight excluding hydrogens is 475 g/mol. The highest BCUT2D eigenvalue weighted by Crippen LogP contribution is 2.32. The molecule has 0 unspecified atom stereocenters. The highest BCUT2D eigenvalue weighted by atomic mass is 127. The molecule has 0 aliphatic rings. The molecule has 0 N–H and O–H groups in total. The molecule has 136 valence electrons. The van der Waals surface area contributed by atoms with Crippen LogP contribution in [0.25, 0.3) is 5.65 Å². The number of hydrogen-bond acceptors (Lipinski definition) is 4. The van der Waals surface area contributed by atoms with Crippen molar-refractivity contribution in [2.75, 3.05) is 12.0 Å². The molecule has 2 heterocycles. The zero-order chi connectivity index (χ0) is 18.8. The summed E-state index contributed by atoms with van der Waals surface area (Å²) in [6.45, 7) is 0.660. The summed E-state index contributed by atoms with van der Waals surface area (Å²) in [5, 5.41) is 4.79. The third-order valence-corrected chi connectivity index (χ3v) is 5.16. The average Bonchev–Trinajstić information content (AvgIpc) is 3.07. The minimum Gasteiger partial charge on any atom is -0.497 e. The Morgan fingerprint density at radius 1 is 1.11 bits per heavy atom. The predicted molar refractivity (Wildman–Crippen MR) is 116 cm³/mol. The Morgan fingerprint density at radius 3 is 2.56 bits per heavy atom. The number of para-hydroxylation sites is 1. The molecule has 0 fully saturated rings. The largest absolute Gasteiger partial charge is 0.497 e. The Balaban J connectivity index is 1.83. The van der Waals surface area contributed by atoms with Crippen molar-refractivity contribution in [3.05, 3.63) is 81.3 Å². The molecule has 2 aromatic heterocycles. The molecule has 0 atom stereocenters. The molecule has 0 bridgehead atoms. The summed E-state index contributed by atoms with van der Waals surface area (Å²) in [7, 11) is 1.67. The van der Waals surface area contributed by atoms with E-state index in [0.717, 1.165) is 32.0 Å². The first kappa shape index (κ1) is 18.1. The molecule has 0 aliphatic carbocycles. The fraction of sp³-hybridized carbons (Fsp3) is 0.100. The van der Waals surface area contributed by atoms with Crippen molar-refractivity contribution in [3.63, 3.8) is 0 Å². The molecule has 4 aromatic rings. The highest BCUT2D eigenvalue weighted by molar-refractivity contribution is 14.1. The van der Waals surface area contributed by atoms with E-state index in [-0.39, 0.29) is 0 Å². The third-order valence-electron chi connectivity index (χ3n) is 4.24. The van der Waals surface area contributed by atoms with Gasteiger partial charge < -0.3 is 9.64 Å². The van der Waals surface area contributed by atoms with E-state index in [1.165, 1.54) is 0 Å². The number of benzene rings is 2. The number of fused-ring (bicyclic) bond motifs is 1. The zero-order valence-corrected chi connectivity index (χ0v) is 17.4. The van der Waals surface area contributed by atoms with Gasteiger partial charge in [-0.15, -0.1) is 0 Å². The molecule has 7 heteroatoms. The summed E-state index contributed by atoms with van der Waals surface area (Å²) in [6.07, 6.45) is 1.79. The predicted octanol–water partition coefficient (Wildman–Crippen LogP) is 5.33. The van der Waals surface area contributed by atoms with E-state index < -0.39 is 0 Å². The van der Waals surface area contributed by atoms with Gasteiger partial charge in [0.2, 0.25) is 0 Å². The van der Waals surface area contributed by atoms with Crippen LogP contribution in [-0.2, 0) is 6.54 Å². The number of methoxy groups -OCH3 is 1. The van der Waals surface area contributed by atoms with Gasteiger partial charge in [-0.2, -0.15) is 5.10 Å². The molecule has 0 saturated heterocycles. The fourth-order valence-corrected chi connectivity index (χ4v) is 3.59. The smallest absolute Gasteiger partial charge is 0.178 e. The maximum Gasteiger partial charge on any atom is 0.178 e. The van der Waals surface area contributed by atoms with Gasteiger partial charge in [-0.1, -0.05) is 41.9 Å². The van der Waals surface area contributed by atoms with Gasteiger partial charge in [0, 0.05) is 18.3 Å². The lowest BCUT2D eigenvalue weighted by molar-refractivity contribution is 0.414. The number of hydrogen-bond donors (Lipinski definition) is 0. The molecule has 0 spiro atoms. The van der Waals surface area contributed by atoms with Crippen LogP contribution in [0, 0.1) is 3.70 Å². The van der Waals surface area contributed by atoms with Crippen molar-refractivity contribution in [1.82, 2.24) is 14.6 Å². The van der Waals surface area contributed by atoms with Crippen molar-refractivity contribution in [3.8, 4) is 5.75 Å². The zero-order valence-electron chi connectivity index (χ0n) is 14.5. The number of imidazole rings is 1.